The number of anilines is 1. The SMILES string of the molecule is CCCNc1nccn1CC(C)(C)c1cccs1. The molecule has 3 nitrogen and oxygen atoms in total. The molecule has 0 bridgehead atoms. The van der Waals surface area contributed by atoms with Gasteiger partial charge in [0, 0.05) is 35.8 Å². The van der Waals surface area contributed by atoms with Crippen molar-refractivity contribution in [3.63, 3.8) is 0 Å². The molecule has 0 unspecified atom stereocenters. The molecule has 0 aliphatic rings. The van der Waals surface area contributed by atoms with E-state index in [0.717, 1.165) is 25.5 Å². The van der Waals surface area contributed by atoms with Gasteiger partial charge in [0.2, 0.25) is 5.95 Å². The second kappa shape index (κ2) is 5.57. The van der Waals surface area contributed by atoms with Crippen LogP contribution in [-0.2, 0) is 12.0 Å². The molecule has 0 spiro atoms. The van der Waals surface area contributed by atoms with Crippen LogP contribution in [0.15, 0.2) is 29.9 Å². The first-order valence-electron chi connectivity index (χ1n) is 6.42. The van der Waals surface area contributed by atoms with Crippen LogP contribution in [0.4, 0.5) is 5.95 Å². The van der Waals surface area contributed by atoms with Gasteiger partial charge < -0.3 is 9.88 Å². The normalized spacial score (nSPS) is 11.7. The molecule has 98 valence electrons. The Morgan fingerprint density at radius 2 is 2.28 bits per heavy atom. The molecule has 0 saturated carbocycles. The van der Waals surface area contributed by atoms with E-state index in [1.165, 1.54) is 4.88 Å². The number of nitrogens with zero attached hydrogens (tertiary/aromatic N) is 2. The molecule has 0 amide bonds. The molecule has 2 heterocycles. The van der Waals surface area contributed by atoms with Crippen molar-refractivity contribution >= 4 is 17.3 Å². The molecule has 18 heavy (non-hydrogen) atoms. The van der Waals surface area contributed by atoms with E-state index >= 15 is 0 Å². The van der Waals surface area contributed by atoms with Crippen LogP contribution < -0.4 is 5.32 Å². The molecule has 0 radical (unpaired) electrons. The lowest BCUT2D eigenvalue weighted by Gasteiger charge is -2.25. The third kappa shape index (κ3) is 2.93. The topological polar surface area (TPSA) is 29.9 Å². The van der Waals surface area contributed by atoms with Crippen LogP contribution >= 0.6 is 11.3 Å². The summed E-state index contributed by atoms with van der Waals surface area (Å²) < 4.78 is 2.20. The summed E-state index contributed by atoms with van der Waals surface area (Å²) in [6.07, 6.45) is 5.02. The highest BCUT2D eigenvalue weighted by Crippen LogP contribution is 2.29. The first-order valence-corrected chi connectivity index (χ1v) is 7.30. The highest BCUT2D eigenvalue weighted by atomic mass is 32.1. The highest BCUT2D eigenvalue weighted by Gasteiger charge is 2.23. The van der Waals surface area contributed by atoms with Crippen molar-refractivity contribution in [1.82, 2.24) is 9.55 Å². The van der Waals surface area contributed by atoms with E-state index < -0.39 is 0 Å². The minimum absolute atomic E-state index is 0.136. The number of hydrogen-bond donors (Lipinski definition) is 1. The van der Waals surface area contributed by atoms with Gasteiger partial charge in [-0.2, -0.15) is 0 Å². The third-order valence-electron chi connectivity index (χ3n) is 3.00. The minimum atomic E-state index is 0.136. The molecule has 2 aromatic heterocycles. The Hall–Kier alpha value is -1.29. The van der Waals surface area contributed by atoms with Crippen LogP contribution in [0.1, 0.15) is 32.1 Å². The molecule has 1 N–H and O–H groups in total. The van der Waals surface area contributed by atoms with Gasteiger partial charge in [0.15, 0.2) is 0 Å². The first-order chi connectivity index (χ1) is 8.63. The Kier molecular flexibility index (Phi) is 4.07. The maximum Gasteiger partial charge on any atom is 0.202 e. The molecule has 0 atom stereocenters. The summed E-state index contributed by atoms with van der Waals surface area (Å²) in [6.45, 7) is 8.64. The lowest BCUT2D eigenvalue weighted by atomic mass is 9.91. The molecule has 2 aromatic rings. The van der Waals surface area contributed by atoms with Crippen molar-refractivity contribution in [1.29, 1.82) is 0 Å². The van der Waals surface area contributed by atoms with Crippen molar-refractivity contribution in [2.45, 2.75) is 39.2 Å². The smallest absolute Gasteiger partial charge is 0.202 e. The summed E-state index contributed by atoms with van der Waals surface area (Å²) in [6, 6.07) is 4.33. The van der Waals surface area contributed by atoms with Crippen LogP contribution in [0.5, 0.6) is 0 Å². The Morgan fingerprint density at radius 1 is 1.44 bits per heavy atom. The summed E-state index contributed by atoms with van der Waals surface area (Å²) in [5.41, 5.74) is 0.136. The third-order valence-corrected chi connectivity index (χ3v) is 4.24. The van der Waals surface area contributed by atoms with E-state index in [1.54, 1.807) is 0 Å². The summed E-state index contributed by atoms with van der Waals surface area (Å²) in [5.74, 6) is 0.974. The van der Waals surface area contributed by atoms with Crippen molar-refractivity contribution in [3.05, 3.63) is 34.8 Å². The summed E-state index contributed by atoms with van der Waals surface area (Å²) >= 11 is 1.82. The Labute approximate surface area is 113 Å². The van der Waals surface area contributed by atoms with Crippen LogP contribution in [0.2, 0.25) is 0 Å². The second-order valence-corrected chi connectivity index (χ2v) is 6.11. The molecule has 0 aliphatic heterocycles. The molecule has 2 rings (SSSR count). The molecule has 0 aliphatic carbocycles. The lowest BCUT2D eigenvalue weighted by Crippen LogP contribution is -2.24. The standard InChI is InChI=1S/C14H21N3S/c1-4-7-15-13-16-8-9-17(13)11-14(2,3)12-6-5-10-18-12/h5-6,8-10H,4,7,11H2,1-3H3,(H,15,16). The van der Waals surface area contributed by atoms with Gasteiger partial charge in [0.1, 0.15) is 0 Å². The predicted octanol–water partition coefficient (Wildman–Crippen LogP) is 3.74. The fourth-order valence-corrected chi connectivity index (χ4v) is 2.85. The fraction of sp³-hybridized carbons (Fsp3) is 0.500. The summed E-state index contributed by atoms with van der Waals surface area (Å²) in [5, 5.41) is 5.51. The number of hydrogen-bond acceptors (Lipinski definition) is 3. The monoisotopic (exact) mass is 263 g/mol. The minimum Gasteiger partial charge on any atom is -0.356 e. The van der Waals surface area contributed by atoms with Gasteiger partial charge in [-0.25, -0.2) is 4.98 Å². The first kappa shape index (κ1) is 13.1. The zero-order valence-electron chi connectivity index (χ0n) is 11.3. The van der Waals surface area contributed by atoms with Gasteiger partial charge in [-0.15, -0.1) is 11.3 Å². The predicted molar refractivity (Wildman–Crippen MR) is 78.4 cm³/mol. The maximum atomic E-state index is 4.37. The van der Waals surface area contributed by atoms with Crippen molar-refractivity contribution in [2.75, 3.05) is 11.9 Å². The van der Waals surface area contributed by atoms with Gasteiger partial charge >= 0.3 is 0 Å². The maximum absolute atomic E-state index is 4.37. The van der Waals surface area contributed by atoms with E-state index in [-0.39, 0.29) is 5.41 Å². The van der Waals surface area contributed by atoms with Crippen LogP contribution in [-0.4, -0.2) is 16.1 Å². The molecule has 4 heteroatoms. The van der Waals surface area contributed by atoms with E-state index in [1.807, 2.05) is 23.7 Å². The Balaban J connectivity index is 2.11. The zero-order valence-corrected chi connectivity index (χ0v) is 12.1. The van der Waals surface area contributed by atoms with E-state index in [4.69, 9.17) is 0 Å². The lowest BCUT2D eigenvalue weighted by molar-refractivity contribution is 0.445. The average molecular weight is 263 g/mol. The number of rotatable bonds is 6. The van der Waals surface area contributed by atoms with Crippen LogP contribution in [0.3, 0.4) is 0 Å². The van der Waals surface area contributed by atoms with Gasteiger partial charge in [0.05, 0.1) is 0 Å². The van der Waals surface area contributed by atoms with E-state index in [9.17, 15) is 0 Å². The summed E-state index contributed by atoms with van der Waals surface area (Å²) in [7, 11) is 0. The average Bonchev–Trinajstić information content (AvgIpc) is 2.97. The molecular formula is C14H21N3S. The fourth-order valence-electron chi connectivity index (χ4n) is 2.01. The number of nitrogens with one attached hydrogen (secondary N) is 1. The number of imidazole rings is 1. The Bertz CT molecular complexity index is 471. The van der Waals surface area contributed by atoms with Gasteiger partial charge in [0.25, 0.3) is 0 Å². The van der Waals surface area contributed by atoms with Crippen molar-refractivity contribution in [2.24, 2.45) is 0 Å². The van der Waals surface area contributed by atoms with Crippen molar-refractivity contribution < 1.29 is 0 Å². The Morgan fingerprint density at radius 3 is 2.94 bits per heavy atom. The van der Waals surface area contributed by atoms with Gasteiger partial charge in [-0.3, -0.25) is 0 Å². The van der Waals surface area contributed by atoms with Gasteiger partial charge in [-0.1, -0.05) is 26.8 Å². The molecule has 0 aromatic carbocycles. The number of thiophene rings is 1. The van der Waals surface area contributed by atoms with Crippen LogP contribution in [0, 0.1) is 0 Å². The zero-order chi connectivity index (χ0) is 13.0. The quantitative estimate of drug-likeness (QED) is 0.860. The van der Waals surface area contributed by atoms with E-state index in [0.29, 0.717) is 0 Å². The number of aromatic nitrogens is 2. The van der Waals surface area contributed by atoms with Crippen molar-refractivity contribution in [3.8, 4) is 0 Å². The molecule has 0 saturated heterocycles. The molecular weight excluding hydrogens is 242 g/mol. The van der Waals surface area contributed by atoms with Crippen LogP contribution in [0.25, 0.3) is 0 Å². The van der Waals surface area contributed by atoms with Gasteiger partial charge in [-0.05, 0) is 17.9 Å². The second-order valence-electron chi connectivity index (χ2n) is 5.17. The largest absolute Gasteiger partial charge is 0.356 e. The highest BCUT2D eigenvalue weighted by molar-refractivity contribution is 7.10. The molecule has 0 fully saturated rings. The van der Waals surface area contributed by atoms with E-state index in [2.05, 4.69) is 53.2 Å². The summed E-state index contributed by atoms with van der Waals surface area (Å²) in [4.78, 5) is 5.79.